The monoisotopic (exact) mass is 567 g/mol. The number of hydrogen-bond donors (Lipinski definition) is 2. The van der Waals surface area contributed by atoms with Gasteiger partial charge in [0, 0.05) is 36.3 Å². The molecule has 1 saturated carbocycles. The molecule has 1 aliphatic heterocycles. The van der Waals surface area contributed by atoms with Crippen molar-refractivity contribution in [1.82, 2.24) is 10.3 Å². The molecule has 41 heavy (non-hydrogen) atoms. The summed E-state index contributed by atoms with van der Waals surface area (Å²) in [4.78, 5) is 34.5. The van der Waals surface area contributed by atoms with Crippen LogP contribution in [0.5, 0.6) is 0 Å². The van der Waals surface area contributed by atoms with Crippen LogP contribution < -0.4 is 15.1 Å². The first-order chi connectivity index (χ1) is 19.6. The summed E-state index contributed by atoms with van der Waals surface area (Å²) in [6, 6.07) is 11.1. The highest BCUT2D eigenvalue weighted by Crippen LogP contribution is 2.39. The summed E-state index contributed by atoms with van der Waals surface area (Å²) < 4.78 is 56.8. The number of carbonyl (C=O) groups excluding carboxylic acids is 2. The molecule has 2 fully saturated rings. The molecule has 1 unspecified atom stereocenters. The first kappa shape index (κ1) is 28.0. The number of rotatable bonds is 7. The third-order valence-electron chi connectivity index (χ3n) is 7.25. The molecule has 3 atom stereocenters. The summed E-state index contributed by atoms with van der Waals surface area (Å²) >= 11 is 0. The summed E-state index contributed by atoms with van der Waals surface area (Å²) in [5.41, 5.74) is -0.0935. The molecule has 1 aromatic heterocycles. The van der Waals surface area contributed by atoms with Gasteiger partial charge in [0.05, 0.1) is 11.6 Å². The molecule has 0 radical (unpaired) electrons. The van der Waals surface area contributed by atoms with E-state index in [9.17, 15) is 33.1 Å². The molecule has 12 heteroatoms. The highest BCUT2D eigenvalue weighted by atomic mass is 19.3. The Morgan fingerprint density at radius 3 is 2.54 bits per heavy atom. The lowest BCUT2D eigenvalue weighted by Crippen LogP contribution is -2.56. The van der Waals surface area contributed by atoms with Gasteiger partial charge in [-0.2, -0.15) is 5.26 Å². The van der Waals surface area contributed by atoms with Gasteiger partial charge in [-0.3, -0.25) is 14.5 Å². The highest BCUT2D eigenvalue weighted by Gasteiger charge is 2.48. The van der Waals surface area contributed by atoms with Crippen LogP contribution in [-0.4, -0.2) is 46.1 Å². The Morgan fingerprint density at radius 1 is 1.10 bits per heavy atom. The van der Waals surface area contributed by atoms with E-state index in [2.05, 4.69) is 10.3 Å². The minimum atomic E-state index is -2.95. The number of carbonyl (C=O) groups is 2. The predicted molar refractivity (Wildman–Crippen MR) is 140 cm³/mol. The van der Waals surface area contributed by atoms with Crippen LogP contribution in [0, 0.1) is 23.0 Å². The van der Waals surface area contributed by atoms with Crippen molar-refractivity contribution in [3.05, 3.63) is 89.6 Å². The van der Waals surface area contributed by atoms with Crippen molar-refractivity contribution in [2.75, 3.05) is 9.80 Å². The van der Waals surface area contributed by atoms with E-state index in [1.165, 1.54) is 53.6 Å². The summed E-state index contributed by atoms with van der Waals surface area (Å²) in [7, 11) is 0. The zero-order valence-corrected chi connectivity index (χ0v) is 21.6. The lowest BCUT2D eigenvalue weighted by atomic mass is 9.87. The second kappa shape index (κ2) is 11.2. The van der Waals surface area contributed by atoms with Crippen LogP contribution in [0.25, 0.3) is 0 Å². The number of benzene rings is 2. The van der Waals surface area contributed by atoms with Crippen molar-refractivity contribution in [2.45, 2.75) is 56.0 Å². The summed E-state index contributed by atoms with van der Waals surface area (Å²) in [6.07, 6.45) is -0.850. The lowest BCUT2D eigenvalue weighted by Gasteiger charge is -2.39. The fraction of sp³-hybridized carbons (Fsp3) is 0.310. The number of alkyl halides is 2. The van der Waals surface area contributed by atoms with E-state index in [4.69, 9.17) is 0 Å². The Labute approximate surface area is 232 Å². The molecular weight excluding hydrogens is 542 g/mol. The average molecular weight is 568 g/mol. The maximum Gasteiger partial charge on any atom is 0.252 e. The number of nitrogens with zero attached hydrogens (tertiary/aromatic N) is 4. The van der Waals surface area contributed by atoms with Crippen molar-refractivity contribution in [3.8, 4) is 6.07 Å². The normalized spacial score (nSPS) is 20.5. The van der Waals surface area contributed by atoms with Crippen LogP contribution in [-0.2, 0) is 9.59 Å². The molecule has 1 aliphatic carbocycles. The van der Waals surface area contributed by atoms with Crippen LogP contribution in [0.3, 0.4) is 0 Å². The number of anilines is 2. The molecule has 2 aromatic carbocycles. The zero-order valence-electron chi connectivity index (χ0n) is 21.6. The Balaban J connectivity index is 1.60. The first-order valence-corrected chi connectivity index (χ1v) is 12.9. The van der Waals surface area contributed by atoms with Gasteiger partial charge in [-0.25, -0.2) is 22.5 Å². The Morgan fingerprint density at radius 2 is 1.85 bits per heavy atom. The smallest absolute Gasteiger partial charge is 0.252 e. The predicted octanol–water partition coefficient (Wildman–Crippen LogP) is 4.21. The van der Waals surface area contributed by atoms with Crippen molar-refractivity contribution in [3.63, 3.8) is 0 Å². The average Bonchev–Trinajstić information content (AvgIpc) is 3.32. The maximum absolute atomic E-state index is 15.2. The molecule has 1 saturated heterocycles. The van der Waals surface area contributed by atoms with E-state index < -0.39 is 66.6 Å². The standard InChI is InChI=1S/C29H25F4N5O3/c30-18-4-3-5-20(13-18)37(28(41)23-8-9-25(39)38(23)24-12-17(16-34)10-11-35-24)26(21-6-1-2-7-22(21)31)27(40)36-19-14-29(32,33)15-19/h1-7,10-13,19,23,25-26,39H,8-9,14-15H2,(H,36,40)/t23-,25?,26-/m0/s1. The van der Waals surface area contributed by atoms with Crippen LogP contribution in [0.4, 0.5) is 29.1 Å². The number of nitriles is 1. The number of aliphatic hydroxyl groups is 1. The van der Waals surface area contributed by atoms with Gasteiger partial charge in [-0.15, -0.1) is 0 Å². The fourth-order valence-electron chi connectivity index (χ4n) is 5.30. The van der Waals surface area contributed by atoms with Gasteiger partial charge >= 0.3 is 0 Å². The van der Waals surface area contributed by atoms with E-state index >= 15 is 4.39 Å². The number of hydrogen-bond acceptors (Lipinski definition) is 6. The van der Waals surface area contributed by atoms with E-state index in [-0.39, 0.29) is 35.5 Å². The molecular formula is C29H25F4N5O3. The number of nitrogens with one attached hydrogen (secondary N) is 1. The molecule has 3 aromatic rings. The molecule has 8 nitrogen and oxygen atoms in total. The van der Waals surface area contributed by atoms with Gasteiger partial charge < -0.3 is 15.3 Å². The molecule has 212 valence electrons. The van der Waals surface area contributed by atoms with Crippen LogP contribution >= 0.6 is 0 Å². The minimum absolute atomic E-state index is 0.0857. The number of halogens is 4. The van der Waals surface area contributed by atoms with E-state index in [1.807, 2.05) is 6.07 Å². The molecule has 2 amide bonds. The van der Waals surface area contributed by atoms with Gasteiger partial charge in [-0.1, -0.05) is 24.3 Å². The first-order valence-electron chi connectivity index (χ1n) is 12.9. The van der Waals surface area contributed by atoms with Gasteiger partial charge in [0.15, 0.2) is 0 Å². The molecule has 2 aliphatic rings. The second-order valence-electron chi connectivity index (χ2n) is 10.1. The van der Waals surface area contributed by atoms with Crippen LogP contribution in [0.15, 0.2) is 66.9 Å². The van der Waals surface area contributed by atoms with Crippen LogP contribution in [0.1, 0.15) is 42.9 Å². The van der Waals surface area contributed by atoms with Gasteiger partial charge in [0.1, 0.15) is 35.8 Å². The molecule has 2 heterocycles. The molecule has 2 N–H and O–H groups in total. The Hall–Kier alpha value is -4.50. The quantitative estimate of drug-likeness (QED) is 0.414. The Bertz CT molecular complexity index is 1510. The van der Waals surface area contributed by atoms with E-state index in [0.717, 1.165) is 23.1 Å². The summed E-state index contributed by atoms with van der Waals surface area (Å²) in [5.74, 6) is -6.13. The van der Waals surface area contributed by atoms with Crippen LogP contribution in [0.2, 0.25) is 0 Å². The van der Waals surface area contributed by atoms with Crippen molar-refractivity contribution >= 4 is 23.3 Å². The number of pyridine rings is 1. The fourth-order valence-corrected chi connectivity index (χ4v) is 5.30. The molecule has 0 spiro atoms. The third-order valence-corrected chi connectivity index (χ3v) is 7.25. The topological polar surface area (TPSA) is 110 Å². The summed E-state index contributed by atoms with van der Waals surface area (Å²) in [6.45, 7) is 0. The minimum Gasteiger partial charge on any atom is -0.374 e. The second-order valence-corrected chi connectivity index (χ2v) is 10.1. The van der Waals surface area contributed by atoms with Crippen molar-refractivity contribution < 1.29 is 32.3 Å². The van der Waals surface area contributed by atoms with Crippen molar-refractivity contribution in [1.29, 1.82) is 5.26 Å². The largest absolute Gasteiger partial charge is 0.374 e. The van der Waals surface area contributed by atoms with Gasteiger partial charge in [0.2, 0.25) is 5.91 Å². The van der Waals surface area contributed by atoms with E-state index in [1.54, 1.807) is 0 Å². The SMILES string of the molecule is N#Cc1ccnc(N2C(O)CC[C@H]2C(=O)N(c2cccc(F)c2)[C@H](C(=O)NC2CC(F)(F)C2)c2ccccc2F)c1. The molecule has 5 rings (SSSR count). The maximum atomic E-state index is 15.2. The van der Waals surface area contributed by atoms with E-state index in [0.29, 0.717) is 0 Å². The summed E-state index contributed by atoms with van der Waals surface area (Å²) in [5, 5.41) is 22.6. The van der Waals surface area contributed by atoms with Crippen molar-refractivity contribution in [2.24, 2.45) is 0 Å². The molecule has 0 bridgehead atoms. The van der Waals surface area contributed by atoms with Gasteiger partial charge in [0.25, 0.3) is 11.8 Å². The number of amides is 2. The number of aliphatic hydroxyl groups excluding tert-OH is 1. The Kier molecular flexibility index (Phi) is 7.64. The third kappa shape index (κ3) is 5.71. The lowest BCUT2D eigenvalue weighted by molar-refractivity contribution is -0.133. The van der Waals surface area contributed by atoms with Gasteiger partial charge in [-0.05, 0) is 49.2 Å². The highest BCUT2D eigenvalue weighted by molar-refractivity contribution is 6.05. The number of aromatic nitrogens is 1. The zero-order chi connectivity index (χ0) is 29.3.